The Morgan fingerprint density at radius 3 is 2.65 bits per heavy atom. The van der Waals surface area contributed by atoms with E-state index in [0.717, 1.165) is 28.4 Å². The Morgan fingerprint density at radius 1 is 0.950 bits per heavy atom. The predicted molar refractivity (Wildman–Crippen MR) is 80.0 cm³/mol. The van der Waals surface area contributed by atoms with Crippen LogP contribution in [0.4, 0.5) is 11.5 Å². The average Bonchev–Trinajstić information content (AvgIpc) is 2.76. The number of rotatable bonds is 2. The van der Waals surface area contributed by atoms with Crippen LogP contribution in [-0.4, -0.2) is 9.38 Å². The number of hydrogen-bond donors (Lipinski definition) is 0. The van der Waals surface area contributed by atoms with Gasteiger partial charge in [0.2, 0.25) is 0 Å². The molecule has 4 heteroatoms. The van der Waals surface area contributed by atoms with E-state index < -0.39 is 0 Å². The lowest BCUT2D eigenvalue weighted by atomic mass is 10.1. The molecule has 0 spiro atoms. The molecule has 0 fully saturated rings. The second kappa shape index (κ2) is 4.89. The SMILES string of the molecule is Cc1cccc(N=Nc2c(C)nc3ccccn23)c1C. The highest BCUT2D eigenvalue weighted by Gasteiger charge is 2.07. The van der Waals surface area contributed by atoms with E-state index >= 15 is 0 Å². The summed E-state index contributed by atoms with van der Waals surface area (Å²) in [4.78, 5) is 4.47. The molecule has 0 aliphatic rings. The summed E-state index contributed by atoms with van der Waals surface area (Å²) in [6, 6.07) is 11.9. The molecule has 2 aromatic heterocycles. The van der Waals surface area contributed by atoms with E-state index in [1.165, 1.54) is 5.56 Å². The summed E-state index contributed by atoms with van der Waals surface area (Å²) >= 11 is 0. The van der Waals surface area contributed by atoms with Crippen molar-refractivity contribution in [3.8, 4) is 0 Å². The summed E-state index contributed by atoms with van der Waals surface area (Å²) in [5, 5.41) is 8.78. The molecular formula is C16H16N4. The van der Waals surface area contributed by atoms with Crippen LogP contribution in [0.1, 0.15) is 16.8 Å². The first-order valence-corrected chi connectivity index (χ1v) is 6.58. The second-order valence-electron chi connectivity index (χ2n) is 4.87. The van der Waals surface area contributed by atoms with Gasteiger partial charge in [0.15, 0.2) is 5.82 Å². The number of azo groups is 1. The zero-order chi connectivity index (χ0) is 14.1. The number of benzene rings is 1. The Kier molecular flexibility index (Phi) is 3.06. The smallest absolute Gasteiger partial charge is 0.182 e. The number of aryl methyl sites for hydroxylation is 2. The van der Waals surface area contributed by atoms with Gasteiger partial charge < -0.3 is 0 Å². The summed E-state index contributed by atoms with van der Waals surface area (Å²) in [6.45, 7) is 6.09. The van der Waals surface area contributed by atoms with Crippen molar-refractivity contribution in [3.63, 3.8) is 0 Å². The summed E-state index contributed by atoms with van der Waals surface area (Å²) in [7, 11) is 0. The third kappa shape index (κ3) is 2.09. The van der Waals surface area contributed by atoms with Gasteiger partial charge in [-0.3, -0.25) is 4.40 Å². The maximum atomic E-state index is 4.47. The van der Waals surface area contributed by atoms with Crippen LogP contribution in [0.2, 0.25) is 0 Å². The average molecular weight is 264 g/mol. The van der Waals surface area contributed by atoms with E-state index in [0.29, 0.717) is 0 Å². The van der Waals surface area contributed by atoms with Crippen molar-refractivity contribution in [1.29, 1.82) is 0 Å². The number of aromatic nitrogens is 2. The highest BCUT2D eigenvalue weighted by molar-refractivity contribution is 5.53. The standard InChI is InChI=1S/C16H16N4/c1-11-7-6-8-14(12(11)2)18-19-16-13(3)17-15-9-4-5-10-20(15)16/h4-10H,1-3H3. The molecule has 0 saturated heterocycles. The van der Waals surface area contributed by atoms with Gasteiger partial charge in [0.1, 0.15) is 5.65 Å². The van der Waals surface area contributed by atoms with Crippen LogP contribution in [0.3, 0.4) is 0 Å². The van der Waals surface area contributed by atoms with Crippen molar-refractivity contribution in [2.45, 2.75) is 20.8 Å². The Morgan fingerprint density at radius 2 is 1.80 bits per heavy atom. The number of pyridine rings is 1. The molecule has 4 nitrogen and oxygen atoms in total. The van der Waals surface area contributed by atoms with Gasteiger partial charge in [-0.2, -0.15) is 0 Å². The number of nitrogens with zero attached hydrogens (tertiary/aromatic N) is 4. The fourth-order valence-electron chi connectivity index (χ4n) is 2.17. The highest BCUT2D eigenvalue weighted by atomic mass is 15.2. The van der Waals surface area contributed by atoms with Crippen LogP contribution in [0.5, 0.6) is 0 Å². The number of imidazole rings is 1. The van der Waals surface area contributed by atoms with Crippen LogP contribution in [0.15, 0.2) is 52.8 Å². The van der Waals surface area contributed by atoms with Crippen molar-refractivity contribution >= 4 is 17.2 Å². The molecule has 0 atom stereocenters. The van der Waals surface area contributed by atoms with Gasteiger partial charge in [0.05, 0.1) is 11.4 Å². The lowest BCUT2D eigenvalue weighted by Gasteiger charge is -2.02. The molecule has 0 aliphatic carbocycles. The van der Waals surface area contributed by atoms with Crippen LogP contribution < -0.4 is 0 Å². The third-order valence-corrected chi connectivity index (χ3v) is 3.50. The van der Waals surface area contributed by atoms with E-state index in [9.17, 15) is 0 Å². The van der Waals surface area contributed by atoms with Gasteiger partial charge in [-0.15, -0.1) is 10.2 Å². The van der Waals surface area contributed by atoms with Gasteiger partial charge in [0.25, 0.3) is 0 Å². The molecule has 100 valence electrons. The Hall–Kier alpha value is -2.49. The van der Waals surface area contributed by atoms with Crippen LogP contribution in [0.25, 0.3) is 5.65 Å². The summed E-state index contributed by atoms with van der Waals surface area (Å²) in [6.07, 6.45) is 1.95. The minimum absolute atomic E-state index is 0.779. The van der Waals surface area contributed by atoms with Crippen molar-refractivity contribution < 1.29 is 0 Å². The van der Waals surface area contributed by atoms with Gasteiger partial charge in [-0.1, -0.05) is 18.2 Å². The fraction of sp³-hybridized carbons (Fsp3) is 0.188. The number of fused-ring (bicyclic) bond motifs is 1. The second-order valence-corrected chi connectivity index (χ2v) is 4.87. The van der Waals surface area contributed by atoms with Crippen molar-refractivity contribution in [2.75, 3.05) is 0 Å². The molecule has 3 rings (SSSR count). The molecular weight excluding hydrogens is 248 g/mol. The molecule has 0 radical (unpaired) electrons. The van der Waals surface area contributed by atoms with Crippen molar-refractivity contribution in [1.82, 2.24) is 9.38 Å². The van der Waals surface area contributed by atoms with Crippen LogP contribution in [-0.2, 0) is 0 Å². The van der Waals surface area contributed by atoms with Gasteiger partial charge in [-0.25, -0.2) is 4.98 Å². The topological polar surface area (TPSA) is 42.0 Å². The summed E-state index contributed by atoms with van der Waals surface area (Å²) in [5.74, 6) is 0.779. The molecule has 0 N–H and O–H groups in total. The molecule has 2 heterocycles. The van der Waals surface area contributed by atoms with E-state index in [1.807, 2.05) is 47.9 Å². The van der Waals surface area contributed by atoms with E-state index in [-0.39, 0.29) is 0 Å². The summed E-state index contributed by atoms with van der Waals surface area (Å²) < 4.78 is 1.95. The predicted octanol–water partition coefficient (Wildman–Crippen LogP) is 4.67. The van der Waals surface area contributed by atoms with Gasteiger partial charge in [-0.05, 0) is 50.1 Å². The molecule has 3 aromatic rings. The first-order chi connectivity index (χ1) is 9.66. The van der Waals surface area contributed by atoms with E-state index in [2.05, 4.69) is 35.1 Å². The summed E-state index contributed by atoms with van der Waals surface area (Å²) in [5.41, 5.74) is 5.04. The molecule has 0 unspecified atom stereocenters. The molecule has 0 aliphatic heterocycles. The lowest BCUT2D eigenvalue weighted by Crippen LogP contribution is -1.82. The van der Waals surface area contributed by atoms with Crippen LogP contribution >= 0.6 is 0 Å². The van der Waals surface area contributed by atoms with Crippen LogP contribution in [0, 0.1) is 20.8 Å². The molecule has 0 saturated carbocycles. The van der Waals surface area contributed by atoms with Crippen molar-refractivity contribution in [2.24, 2.45) is 10.2 Å². The Bertz CT molecular complexity index is 799. The normalized spacial score (nSPS) is 11.6. The van der Waals surface area contributed by atoms with E-state index in [4.69, 9.17) is 0 Å². The highest BCUT2D eigenvalue weighted by Crippen LogP contribution is 2.26. The number of hydrogen-bond acceptors (Lipinski definition) is 3. The maximum absolute atomic E-state index is 4.47. The first kappa shape index (κ1) is 12.5. The largest absolute Gasteiger partial charge is 0.283 e. The first-order valence-electron chi connectivity index (χ1n) is 6.58. The fourth-order valence-corrected chi connectivity index (χ4v) is 2.17. The van der Waals surface area contributed by atoms with Gasteiger partial charge >= 0.3 is 0 Å². The molecule has 0 bridgehead atoms. The molecule has 20 heavy (non-hydrogen) atoms. The maximum Gasteiger partial charge on any atom is 0.182 e. The Balaban J connectivity index is 2.07. The molecule has 1 aromatic carbocycles. The van der Waals surface area contributed by atoms with Crippen molar-refractivity contribution in [3.05, 3.63) is 59.4 Å². The minimum atomic E-state index is 0.779. The van der Waals surface area contributed by atoms with E-state index in [1.54, 1.807) is 0 Å². The lowest BCUT2D eigenvalue weighted by molar-refractivity contribution is 1.09. The monoisotopic (exact) mass is 264 g/mol. The zero-order valence-corrected chi connectivity index (χ0v) is 11.8. The quantitative estimate of drug-likeness (QED) is 0.620. The third-order valence-electron chi connectivity index (χ3n) is 3.50. The molecule has 0 amide bonds. The minimum Gasteiger partial charge on any atom is -0.283 e. The van der Waals surface area contributed by atoms with Gasteiger partial charge in [0, 0.05) is 6.20 Å². The Labute approximate surface area is 117 Å². The zero-order valence-electron chi connectivity index (χ0n) is 11.8.